The van der Waals surface area contributed by atoms with Gasteiger partial charge in [-0.2, -0.15) is 13.2 Å². The number of aromatic nitrogens is 2. The van der Waals surface area contributed by atoms with Gasteiger partial charge in [-0.1, -0.05) is 11.6 Å². The highest BCUT2D eigenvalue weighted by Gasteiger charge is 2.31. The van der Waals surface area contributed by atoms with Gasteiger partial charge in [-0.3, -0.25) is 4.79 Å². The van der Waals surface area contributed by atoms with Crippen LogP contribution in [0, 0.1) is 0 Å². The molecule has 1 saturated heterocycles. The van der Waals surface area contributed by atoms with Gasteiger partial charge in [0.15, 0.2) is 11.7 Å². The van der Waals surface area contributed by atoms with Crippen molar-refractivity contribution in [1.29, 1.82) is 0 Å². The molecule has 0 radical (unpaired) electrons. The van der Waals surface area contributed by atoms with E-state index in [1.807, 2.05) is 17.0 Å². The average Bonchev–Trinajstić information content (AvgIpc) is 3.13. The monoisotopic (exact) mass is 478 g/mol. The summed E-state index contributed by atoms with van der Waals surface area (Å²) in [6.07, 6.45) is -0.589. The molecule has 3 aromatic rings. The molecule has 10 heteroatoms. The van der Waals surface area contributed by atoms with Crippen molar-refractivity contribution < 1.29 is 22.4 Å². The van der Waals surface area contributed by atoms with E-state index in [0.717, 1.165) is 17.8 Å². The lowest BCUT2D eigenvalue weighted by Crippen LogP contribution is -2.35. The smallest absolute Gasteiger partial charge is 0.417 e. The van der Waals surface area contributed by atoms with E-state index in [2.05, 4.69) is 9.97 Å². The number of pyridine rings is 1. The minimum Gasteiger partial charge on any atom is -0.441 e. The number of nitrogens with zero attached hydrogens (tertiary/aromatic N) is 4. The van der Waals surface area contributed by atoms with Crippen molar-refractivity contribution in [2.24, 2.45) is 0 Å². The van der Waals surface area contributed by atoms with Crippen molar-refractivity contribution in [3.05, 3.63) is 65.3 Å². The number of halogens is 4. The zero-order valence-corrected chi connectivity index (χ0v) is 18.4. The first-order valence-electron chi connectivity index (χ1n) is 10.6. The summed E-state index contributed by atoms with van der Waals surface area (Å²) in [5, 5.41) is 0.634. The normalized spacial score (nSPS) is 14.9. The third-order valence-corrected chi connectivity index (χ3v) is 5.73. The summed E-state index contributed by atoms with van der Waals surface area (Å²) >= 11 is 5.90. The molecule has 174 valence electrons. The molecule has 0 unspecified atom stereocenters. The van der Waals surface area contributed by atoms with Crippen LogP contribution in [0.1, 0.15) is 24.3 Å². The minimum absolute atomic E-state index is 0.0107. The summed E-state index contributed by atoms with van der Waals surface area (Å²) in [4.78, 5) is 24.6. The SMILES string of the molecule is O=C(CCc1ncc(-c2ccc(Cl)cc2)o1)N1CCCN(c2ccc(C(F)(F)F)cn2)CC1. The van der Waals surface area contributed by atoms with Crippen LogP contribution in [0.15, 0.2) is 53.2 Å². The fourth-order valence-electron chi connectivity index (χ4n) is 3.68. The van der Waals surface area contributed by atoms with E-state index in [1.54, 1.807) is 23.2 Å². The molecule has 4 rings (SSSR count). The van der Waals surface area contributed by atoms with Crippen molar-refractivity contribution in [3.63, 3.8) is 0 Å². The number of benzene rings is 1. The predicted octanol–water partition coefficient (Wildman–Crippen LogP) is 5.08. The Morgan fingerprint density at radius 1 is 1.00 bits per heavy atom. The molecule has 1 fully saturated rings. The maximum Gasteiger partial charge on any atom is 0.417 e. The van der Waals surface area contributed by atoms with Crippen molar-refractivity contribution in [3.8, 4) is 11.3 Å². The molecule has 6 nitrogen and oxygen atoms in total. The molecular formula is C23H22ClF3N4O2. The number of alkyl halides is 3. The van der Waals surface area contributed by atoms with Crippen molar-refractivity contribution in [2.75, 3.05) is 31.1 Å². The number of rotatable bonds is 5. The van der Waals surface area contributed by atoms with E-state index in [0.29, 0.717) is 61.5 Å². The number of hydrogen-bond donors (Lipinski definition) is 0. The second-order valence-corrected chi connectivity index (χ2v) is 8.19. The first kappa shape index (κ1) is 23.1. The third kappa shape index (κ3) is 5.84. The van der Waals surface area contributed by atoms with E-state index in [4.69, 9.17) is 16.0 Å². The topological polar surface area (TPSA) is 62.5 Å². The van der Waals surface area contributed by atoms with Crippen LogP contribution in [0.5, 0.6) is 0 Å². The molecule has 0 atom stereocenters. The molecule has 33 heavy (non-hydrogen) atoms. The van der Waals surface area contributed by atoms with Gasteiger partial charge in [0, 0.05) is 55.8 Å². The van der Waals surface area contributed by atoms with Gasteiger partial charge in [-0.05, 0) is 42.8 Å². The largest absolute Gasteiger partial charge is 0.441 e. The van der Waals surface area contributed by atoms with Gasteiger partial charge in [0.25, 0.3) is 0 Å². The fourth-order valence-corrected chi connectivity index (χ4v) is 3.81. The Morgan fingerprint density at radius 2 is 1.79 bits per heavy atom. The Kier molecular flexibility index (Phi) is 6.88. The molecule has 0 saturated carbocycles. The van der Waals surface area contributed by atoms with Gasteiger partial charge < -0.3 is 14.2 Å². The van der Waals surface area contributed by atoms with Gasteiger partial charge in [0.05, 0.1) is 11.8 Å². The third-order valence-electron chi connectivity index (χ3n) is 5.48. The molecule has 0 bridgehead atoms. The average molecular weight is 479 g/mol. The van der Waals surface area contributed by atoms with Crippen LogP contribution in [-0.4, -0.2) is 47.0 Å². The number of hydrogen-bond acceptors (Lipinski definition) is 5. The van der Waals surface area contributed by atoms with Crippen LogP contribution in [0.3, 0.4) is 0 Å². The molecule has 0 spiro atoms. The number of carbonyl (C=O) groups excluding carboxylic acids is 1. The number of anilines is 1. The molecule has 0 aliphatic carbocycles. The summed E-state index contributed by atoms with van der Waals surface area (Å²) < 4.78 is 44.0. The highest BCUT2D eigenvalue weighted by atomic mass is 35.5. The second-order valence-electron chi connectivity index (χ2n) is 7.75. The maximum atomic E-state index is 12.8. The van der Waals surface area contributed by atoms with Gasteiger partial charge in [0.1, 0.15) is 5.82 Å². The summed E-state index contributed by atoms with van der Waals surface area (Å²) in [6, 6.07) is 9.63. The van der Waals surface area contributed by atoms with Crippen LogP contribution < -0.4 is 4.90 Å². The Balaban J connectivity index is 1.30. The first-order valence-corrected chi connectivity index (χ1v) is 10.9. The summed E-state index contributed by atoms with van der Waals surface area (Å²) in [7, 11) is 0. The van der Waals surface area contributed by atoms with E-state index in [1.165, 1.54) is 6.07 Å². The molecule has 1 aliphatic rings. The standard InChI is InChI=1S/C23H22ClF3N4O2/c24-18-5-2-16(3-6-18)19-15-29-21(33-19)8-9-22(32)31-11-1-10-30(12-13-31)20-7-4-17(14-28-20)23(25,26)27/h2-7,14-15H,1,8-13H2. The van der Waals surface area contributed by atoms with Crippen molar-refractivity contribution in [1.82, 2.24) is 14.9 Å². The number of oxazole rings is 1. The number of aryl methyl sites for hydroxylation is 1. The van der Waals surface area contributed by atoms with E-state index >= 15 is 0 Å². The lowest BCUT2D eigenvalue weighted by atomic mass is 10.2. The fraction of sp³-hybridized carbons (Fsp3) is 0.348. The molecule has 0 N–H and O–H groups in total. The van der Waals surface area contributed by atoms with Crippen molar-refractivity contribution in [2.45, 2.75) is 25.4 Å². The first-order chi connectivity index (χ1) is 15.8. The molecule has 1 aliphatic heterocycles. The van der Waals surface area contributed by atoms with Crippen molar-refractivity contribution >= 4 is 23.3 Å². The Morgan fingerprint density at radius 3 is 2.48 bits per heavy atom. The lowest BCUT2D eigenvalue weighted by Gasteiger charge is -2.23. The molecular weight excluding hydrogens is 457 g/mol. The number of amides is 1. The van der Waals surface area contributed by atoms with Gasteiger partial charge in [0.2, 0.25) is 5.91 Å². The van der Waals surface area contributed by atoms with Crippen LogP contribution in [0.4, 0.5) is 19.0 Å². The van der Waals surface area contributed by atoms with Crippen LogP contribution in [0.2, 0.25) is 5.02 Å². The van der Waals surface area contributed by atoms with Gasteiger partial charge in [-0.25, -0.2) is 9.97 Å². The summed E-state index contributed by atoms with van der Waals surface area (Å²) in [5.41, 5.74) is 0.0811. The zero-order valence-electron chi connectivity index (χ0n) is 17.7. The van der Waals surface area contributed by atoms with E-state index in [9.17, 15) is 18.0 Å². The summed E-state index contributed by atoms with van der Waals surface area (Å²) in [5.74, 6) is 1.57. The predicted molar refractivity (Wildman–Crippen MR) is 118 cm³/mol. The summed E-state index contributed by atoms with van der Waals surface area (Å²) in [6.45, 7) is 2.18. The van der Waals surface area contributed by atoms with Crippen LogP contribution in [-0.2, 0) is 17.4 Å². The van der Waals surface area contributed by atoms with Gasteiger partial charge >= 0.3 is 6.18 Å². The molecule has 1 aromatic carbocycles. The molecule has 1 amide bonds. The van der Waals surface area contributed by atoms with E-state index < -0.39 is 11.7 Å². The molecule has 3 heterocycles. The highest BCUT2D eigenvalue weighted by Crippen LogP contribution is 2.29. The Bertz CT molecular complexity index is 1080. The number of carbonyl (C=O) groups is 1. The zero-order chi connectivity index (χ0) is 23.4. The molecule has 2 aromatic heterocycles. The Hall–Kier alpha value is -3.07. The highest BCUT2D eigenvalue weighted by molar-refractivity contribution is 6.30. The second kappa shape index (κ2) is 9.82. The maximum absolute atomic E-state index is 12.8. The van der Waals surface area contributed by atoms with Gasteiger partial charge in [-0.15, -0.1) is 0 Å². The van der Waals surface area contributed by atoms with Crippen LogP contribution >= 0.6 is 11.6 Å². The lowest BCUT2D eigenvalue weighted by molar-refractivity contribution is -0.137. The Labute approximate surface area is 194 Å². The van der Waals surface area contributed by atoms with E-state index in [-0.39, 0.29) is 12.3 Å². The minimum atomic E-state index is -4.41. The quantitative estimate of drug-likeness (QED) is 0.511. The van der Waals surface area contributed by atoms with Crippen LogP contribution in [0.25, 0.3) is 11.3 Å².